The summed E-state index contributed by atoms with van der Waals surface area (Å²) in [6, 6.07) is 8.01. The first-order valence-electron chi connectivity index (χ1n) is 13.1. The monoisotopic (exact) mass is 470 g/mol. The number of anilines is 1. The van der Waals surface area contributed by atoms with Crippen LogP contribution in [0, 0.1) is 0 Å². The van der Waals surface area contributed by atoms with Crippen LogP contribution in [0.5, 0.6) is 0 Å². The minimum atomic E-state index is -0.134. The molecule has 4 heterocycles. The van der Waals surface area contributed by atoms with Crippen molar-refractivity contribution in [2.75, 3.05) is 37.7 Å². The number of carbonyl (C=O) groups excluding carboxylic acids is 1. The highest BCUT2D eigenvalue weighted by atomic mass is 16.5. The molecule has 1 amide bonds. The van der Waals surface area contributed by atoms with E-state index in [0.717, 1.165) is 75.4 Å². The summed E-state index contributed by atoms with van der Waals surface area (Å²) in [5.41, 5.74) is 8.80. The Bertz CT molecular complexity index is 1190. The van der Waals surface area contributed by atoms with Crippen molar-refractivity contribution in [3.05, 3.63) is 70.2 Å². The number of morpholine rings is 1. The number of ether oxygens (including phenoxy) is 1. The fourth-order valence-electron chi connectivity index (χ4n) is 6.04. The molecule has 1 saturated heterocycles. The van der Waals surface area contributed by atoms with Crippen LogP contribution in [0.25, 0.3) is 6.08 Å². The van der Waals surface area contributed by atoms with Crippen molar-refractivity contribution in [3.8, 4) is 0 Å². The smallest absolute Gasteiger partial charge is 0.232 e. The average Bonchev–Trinajstić information content (AvgIpc) is 3.41. The number of amides is 1. The normalized spacial score (nSPS) is 23.2. The van der Waals surface area contributed by atoms with E-state index in [2.05, 4.69) is 33.1 Å². The van der Waals surface area contributed by atoms with E-state index in [-0.39, 0.29) is 11.9 Å². The van der Waals surface area contributed by atoms with E-state index in [1.54, 1.807) is 0 Å². The Hall–Kier alpha value is -2.96. The van der Waals surface area contributed by atoms with Crippen LogP contribution >= 0.6 is 0 Å². The van der Waals surface area contributed by atoms with Crippen molar-refractivity contribution >= 4 is 23.9 Å². The molecule has 0 saturated carbocycles. The Morgan fingerprint density at radius 3 is 2.91 bits per heavy atom. The molecule has 1 aromatic carbocycles. The molecule has 1 aliphatic carbocycles. The third kappa shape index (κ3) is 4.53. The van der Waals surface area contributed by atoms with Gasteiger partial charge in [-0.2, -0.15) is 0 Å². The van der Waals surface area contributed by atoms with Crippen molar-refractivity contribution in [2.24, 2.45) is 4.99 Å². The number of nitrogens with zero attached hydrogens (tertiary/aromatic N) is 3. The zero-order valence-electron chi connectivity index (χ0n) is 20.3. The third-order valence-corrected chi connectivity index (χ3v) is 7.82. The van der Waals surface area contributed by atoms with Crippen molar-refractivity contribution < 1.29 is 9.53 Å². The third-order valence-electron chi connectivity index (χ3n) is 7.82. The Kier molecular flexibility index (Phi) is 6.40. The number of carbonyl (C=O) groups is 1. The van der Waals surface area contributed by atoms with Crippen LogP contribution in [0.15, 0.2) is 47.1 Å². The number of rotatable bonds is 6. The lowest BCUT2D eigenvalue weighted by Gasteiger charge is -2.28. The molecule has 1 aromatic heterocycles. The van der Waals surface area contributed by atoms with Crippen LogP contribution < -0.4 is 4.90 Å². The molecule has 35 heavy (non-hydrogen) atoms. The summed E-state index contributed by atoms with van der Waals surface area (Å²) >= 11 is 0. The van der Waals surface area contributed by atoms with E-state index in [1.807, 2.05) is 35.5 Å². The summed E-state index contributed by atoms with van der Waals surface area (Å²) in [7, 11) is 0. The number of aromatic nitrogens is 1. The fourth-order valence-corrected chi connectivity index (χ4v) is 6.04. The Balaban J connectivity index is 1.29. The predicted octanol–water partition coefficient (Wildman–Crippen LogP) is 4.10. The minimum Gasteiger partial charge on any atom is -0.379 e. The average molecular weight is 471 g/mol. The summed E-state index contributed by atoms with van der Waals surface area (Å²) in [5.74, 6) is 0.151. The van der Waals surface area contributed by atoms with Crippen molar-refractivity contribution in [3.63, 3.8) is 0 Å². The Morgan fingerprint density at radius 2 is 2.00 bits per heavy atom. The summed E-state index contributed by atoms with van der Waals surface area (Å²) < 4.78 is 5.51. The number of nitrogens with one attached hydrogen (secondary N) is 1. The van der Waals surface area contributed by atoms with Gasteiger partial charge in [-0.1, -0.05) is 18.2 Å². The van der Waals surface area contributed by atoms with Gasteiger partial charge in [0.15, 0.2) is 0 Å². The quantitative estimate of drug-likeness (QED) is 0.692. The lowest BCUT2D eigenvalue weighted by atomic mass is 9.92. The SMILES string of the molecule is O=C1Cc2ccccc2N1C1C=CN=CC1=Cc1[nH]c2c(c1CCCN1CCOCC1)CCCC2. The van der Waals surface area contributed by atoms with Crippen LogP contribution in [0.3, 0.4) is 0 Å². The van der Waals surface area contributed by atoms with Crippen molar-refractivity contribution in [1.29, 1.82) is 0 Å². The largest absolute Gasteiger partial charge is 0.379 e. The van der Waals surface area contributed by atoms with Gasteiger partial charge in [0.1, 0.15) is 0 Å². The molecule has 3 aliphatic heterocycles. The number of hydrogen-bond donors (Lipinski definition) is 1. The van der Waals surface area contributed by atoms with Crippen LogP contribution in [-0.2, 0) is 35.2 Å². The van der Waals surface area contributed by atoms with E-state index >= 15 is 0 Å². The second-order valence-corrected chi connectivity index (χ2v) is 10.0. The van der Waals surface area contributed by atoms with Gasteiger partial charge in [-0.05, 0) is 85.6 Å². The summed E-state index contributed by atoms with van der Waals surface area (Å²) in [4.78, 5) is 25.7. The molecule has 6 nitrogen and oxygen atoms in total. The van der Waals surface area contributed by atoms with Crippen LogP contribution in [0.4, 0.5) is 5.69 Å². The summed E-state index contributed by atoms with van der Waals surface area (Å²) in [6.07, 6.45) is 15.6. The number of hydrogen-bond acceptors (Lipinski definition) is 4. The molecule has 0 bridgehead atoms. The molecule has 1 fully saturated rings. The van der Waals surface area contributed by atoms with E-state index in [0.29, 0.717) is 6.42 Å². The van der Waals surface area contributed by atoms with Gasteiger partial charge in [-0.25, -0.2) is 0 Å². The number of benzene rings is 1. The summed E-state index contributed by atoms with van der Waals surface area (Å²) in [5, 5.41) is 0. The molecule has 2 aromatic rings. The maximum absolute atomic E-state index is 13.0. The zero-order chi connectivity index (χ0) is 23.6. The van der Waals surface area contributed by atoms with Gasteiger partial charge in [0.25, 0.3) is 0 Å². The first kappa shape index (κ1) is 22.5. The molecule has 0 spiro atoms. The first-order chi connectivity index (χ1) is 17.3. The number of para-hydroxylation sites is 1. The van der Waals surface area contributed by atoms with E-state index in [4.69, 9.17) is 4.74 Å². The molecule has 6 rings (SSSR count). The second-order valence-electron chi connectivity index (χ2n) is 10.0. The molecule has 182 valence electrons. The molecular weight excluding hydrogens is 436 g/mol. The highest BCUT2D eigenvalue weighted by molar-refractivity contribution is 6.05. The Morgan fingerprint density at radius 1 is 1.14 bits per heavy atom. The molecule has 0 radical (unpaired) electrons. The molecular formula is C29H34N4O2. The van der Waals surface area contributed by atoms with E-state index in [9.17, 15) is 4.79 Å². The predicted molar refractivity (Wildman–Crippen MR) is 140 cm³/mol. The highest BCUT2D eigenvalue weighted by Gasteiger charge is 2.34. The van der Waals surface area contributed by atoms with Crippen molar-refractivity contribution in [2.45, 2.75) is 51.0 Å². The highest BCUT2D eigenvalue weighted by Crippen LogP contribution is 2.35. The van der Waals surface area contributed by atoms with Crippen molar-refractivity contribution in [1.82, 2.24) is 9.88 Å². The van der Waals surface area contributed by atoms with E-state index < -0.39 is 0 Å². The van der Waals surface area contributed by atoms with Gasteiger partial charge in [-0.3, -0.25) is 14.7 Å². The zero-order valence-corrected chi connectivity index (χ0v) is 20.3. The van der Waals surface area contributed by atoms with Gasteiger partial charge in [-0.15, -0.1) is 0 Å². The topological polar surface area (TPSA) is 60.9 Å². The Labute approximate surface area is 207 Å². The van der Waals surface area contributed by atoms with Crippen LogP contribution in [-0.4, -0.2) is 60.9 Å². The van der Waals surface area contributed by atoms with Gasteiger partial charge in [0, 0.05) is 42.6 Å². The maximum Gasteiger partial charge on any atom is 0.232 e. The van der Waals surface area contributed by atoms with Gasteiger partial charge < -0.3 is 14.6 Å². The second kappa shape index (κ2) is 9.96. The molecule has 4 aliphatic rings. The van der Waals surface area contributed by atoms with Gasteiger partial charge in [0.05, 0.1) is 25.7 Å². The summed E-state index contributed by atoms with van der Waals surface area (Å²) in [6.45, 7) is 4.90. The lowest BCUT2D eigenvalue weighted by molar-refractivity contribution is -0.117. The molecule has 1 unspecified atom stereocenters. The molecule has 1 N–H and O–H groups in total. The van der Waals surface area contributed by atoms with Gasteiger partial charge >= 0.3 is 0 Å². The number of aliphatic imine (C=N–C) groups is 1. The molecule has 6 heteroatoms. The van der Waals surface area contributed by atoms with Crippen LogP contribution in [0.1, 0.15) is 47.3 Å². The maximum atomic E-state index is 13.0. The number of fused-ring (bicyclic) bond motifs is 2. The first-order valence-corrected chi connectivity index (χ1v) is 13.1. The minimum absolute atomic E-state index is 0.134. The molecule has 1 atom stereocenters. The standard InChI is InChI=1S/C29H34N4O2/c34-29-19-21-6-1-4-10-27(21)33(29)28-11-12-30-20-22(28)18-26-24(23-7-2-3-9-25(23)31-26)8-5-13-32-14-16-35-17-15-32/h1,4,6,10-12,18,20,28,31H,2-3,5,7-9,13-17,19H2. The number of H-pyrrole nitrogens is 1. The van der Waals surface area contributed by atoms with Gasteiger partial charge in [0.2, 0.25) is 5.91 Å². The number of aromatic amines is 1. The fraction of sp³-hybridized carbons (Fsp3) is 0.448. The number of aryl methyl sites for hydroxylation is 1. The lowest BCUT2D eigenvalue weighted by Crippen LogP contribution is -2.39. The van der Waals surface area contributed by atoms with E-state index in [1.165, 1.54) is 35.4 Å². The van der Waals surface area contributed by atoms with Crippen LogP contribution in [0.2, 0.25) is 0 Å².